The van der Waals surface area contributed by atoms with E-state index in [1.807, 2.05) is 49.4 Å². The molecule has 1 saturated heterocycles. The minimum atomic E-state index is -3.74. The summed E-state index contributed by atoms with van der Waals surface area (Å²) in [5.74, 6) is 0.841. The number of benzene rings is 3. The SMILES string of the molecule is COc1ccccc1N1CCN(c2c(S(=O)(=O)c3ccccc3)cnc3ccc(C)cc23)CC1. The van der Waals surface area contributed by atoms with Crippen LogP contribution in [0.5, 0.6) is 5.75 Å². The van der Waals surface area contributed by atoms with Crippen molar-refractivity contribution in [3.05, 3.63) is 84.6 Å². The summed E-state index contributed by atoms with van der Waals surface area (Å²) in [6.45, 7) is 4.88. The average Bonchev–Trinajstić information content (AvgIpc) is 2.88. The maximum Gasteiger partial charge on any atom is 0.210 e. The molecule has 3 aromatic carbocycles. The Morgan fingerprint density at radius 2 is 1.53 bits per heavy atom. The summed E-state index contributed by atoms with van der Waals surface area (Å²) < 4.78 is 33.0. The molecule has 34 heavy (non-hydrogen) atoms. The Bertz CT molecular complexity index is 1430. The van der Waals surface area contributed by atoms with Crippen molar-refractivity contribution in [2.45, 2.75) is 16.7 Å². The number of aromatic nitrogens is 1. The number of para-hydroxylation sites is 2. The highest BCUT2D eigenvalue weighted by atomic mass is 32.2. The van der Waals surface area contributed by atoms with Gasteiger partial charge in [0.2, 0.25) is 9.84 Å². The van der Waals surface area contributed by atoms with Crippen LogP contribution in [-0.4, -0.2) is 46.7 Å². The van der Waals surface area contributed by atoms with Gasteiger partial charge in [0.15, 0.2) is 0 Å². The molecule has 7 heteroatoms. The van der Waals surface area contributed by atoms with E-state index in [1.54, 1.807) is 31.4 Å². The topological polar surface area (TPSA) is 62.7 Å². The van der Waals surface area contributed by atoms with Crippen molar-refractivity contribution in [2.24, 2.45) is 0 Å². The van der Waals surface area contributed by atoms with Gasteiger partial charge in [0, 0.05) is 37.8 Å². The molecule has 1 fully saturated rings. The molecule has 174 valence electrons. The molecule has 0 radical (unpaired) electrons. The highest BCUT2D eigenvalue weighted by molar-refractivity contribution is 7.91. The normalized spacial score (nSPS) is 14.4. The standard InChI is InChI=1S/C27H27N3O3S/c1-20-12-13-23-22(18-20)27(26(19-28-23)34(31,32)21-8-4-3-5-9-21)30-16-14-29(15-17-30)24-10-6-7-11-25(24)33-2/h3-13,18-19H,14-17H2,1-2H3. The fourth-order valence-corrected chi connectivity index (χ4v) is 6.04. The van der Waals surface area contributed by atoms with E-state index in [1.165, 1.54) is 6.20 Å². The molecule has 0 unspecified atom stereocenters. The second kappa shape index (κ2) is 8.99. The molecule has 0 aliphatic carbocycles. The Hall–Kier alpha value is -3.58. The van der Waals surface area contributed by atoms with E-state index in [9.17, 15) is 8.42 Å². The van der Waals surface area contributed by atoms with Crippen LogP contribution < -0.4 is 14.5 Å². The van der Waals surface area contributed by atoms with Crippen molar-refractivity contribution >= 4 is 32.1 Å². The number of methoxy groups -OCH3 is 1. The monoisotopic (exact) mass is 473 g/mol. The summed E-state index contributed by atoms with van der Waals surface area (Å²) in [5.41, 5.74) is 3.65. The zero-order valence-corrected chi connectivity index (χ0v) is 20.1. The number of nitrogens with zero attached hydrogens (tertiary/aromatic N) is 3. The fraction of sp³-hybridized carbons (Fsp3) is 0.222. The molecule has 2 heterocycles. The predicted molar refractivity (Wildman–Crippen MR) is 136 cm³/mol. The first-order valence-electron chi connectivity index (χ1n) is 11.3. The first kappa shape index (κ1) is 22.2. The van der Waals surface area contributed by atoms with Gasteiger partial charge in [-0.2, -0.15) is 0 Å². The summed E-state index contributed by atoms with van der Waals surface area (Å²) in [6, 6.07) is 22.6. The number of anilines is 2. The molecule has 1 aliphatic rings. The third-order valence-corrected chi connectivity index (χ3v) is 8.10. The Kier molecular flexibility index (Phi) is 5.87. The number of sulfone groups is 1. The van der Waals surface area contributed by atoms with Crippen LogP contribution in [0.3, 0.4) is 0 Å². The van der Waals surface area contributed by atoms with Gasteiger partial charge in [-0.25, -0.2) is 8.42 Å². The zero-order chi connectivity index (χ0) is 23.7. The van der Waals surface area contributed by atoms with Crippen molar-refractivity contribution in [2.75, 3.05) is 43.1 Å². The second-order valence-electron chi connectivity index (χ2n) is 8.45. The lowest BCUT2D eigenvalue weighted by atomic mass is 10.1. The van der Waals surface area contributed by atoms with E-state index >= 15 is 0 Å². The van der Waals surface area contributed by atoms with Crippen molar-refractivity contribution in [3.8, 4) is 5.75 Å². The van der Waals surface area contributed by atoms with Crippen LogP contribution in [0.2, 0.25) is 0 Å². The van der Waals surface area contributed by atoms with E-state index in [0.717, 1.165) is 46.7 Å². The third kappa shape index (κ3) is 3.96. The molecule has 0 N–H and O–H groups in total. The van der Waals surface area contributed by atoms with Crippen LogP contribution in [0, 0.1) is 6.92 Å². The zero-order valence-electron chi connectivity index (χ0n) is 19.3. The Morgan fingerprint density at radius 1 is 0.853 bits per heavy atom. The van der Waals surface area contributed by atoms with Crippen molar-refractivity contribution < 1.29 is 13.2 Å². The van der Waals surface area contributed by atoms with Gasteiger partial charge in [0.25, 0.3) is 0 Å². The van der Waals surface area contributed by atoms with Crippen molar-refractivity contribution in [1.29, 1.82) is 0 Å². The van der Waals surface area contributed by atoms with Crippen LogP contribution in [0.4, 0.5) is 11.4 Å². The number of piperazine rings is 1. The van der Waals surface area contributed by atoms with Gasteiger partial charge in [-0.1, -0.05) is 42.0 Å². The van der Waals surface area contributed by atoms with Crippen LogP contribution in [0.1, 0.15) is 5.56 Å². The highest BCUT2D eigenvalue weighted by Crippen LogP contribution is 2.37. The minimum Gasteiger partial charge on any atom is -0.495 e. The Balaban J connectivity index is 1.58. The average molecular weight is 474 g/mol. The molecule has 0 saturated carbocycles. The molecule has 6 nitrogen and oxygen atoms in total. The first-order valence-corrected chi connectivity index (χ1v) is 12.8. The Labute approximate surface area is 200 Å². The molecule has 0 bridgehead atoms. The molecule has 0 spiro atoms. The Morgan fingerprint density at radius 3 is 2.26 bits per heavy atom. The van der Waals surface area contributed by atoms with Gasteiger partial charge in [0.1, 0.15) is 10.6 Å². The molecule has 0 amide bonds. The van der Waals surface area contributed by atoms with Crippen LogP contribution in [-0.2, 0) is 9.84 Å². The van der Waals surface area contributed by atoms with Crippen LogP contribution >= 0.6 is 0 Å². The molecule has 5 rings (SSSR count). The number of hydrogen-bond acceptors (Lipinski definition) is 6. The van der Waals surface area contributed by atoms with Gasteiger partial charge in [-0.15, -0.1) is 0 Å². The van der Waals surface area contributed by atoms with E-state index in [-0.39, 0.29) is 9.79 Å². The van der Waals surface area contributed by atoms with Crippen LogP contribution in [0.15, 0.2) is 88.8 Å². The summed E-state index contributed by atoms with van der Waals surface area (Å²) in [7, 11) is -2.06. The van der Waals surface area contributed by atoms with E-state index in [2.05, 4.69) is 20.9 Å². The molecular formula is C27H27N3O3S. The number of hydrogen-bond donors (Lipinski definition) is 0. The third-order valence-electron chi connectivity index (χ3n) is 6.33. The highest BCUT2D eigenvalue weighted by Gasteiger charge is 2.29. The van der Waals surface area contributed by atoms with E-state index in [4.69, 9.17) is 4.74 Å². The predicted octanol–water partition coefficient (Wildman–Crippen LogP) is 4.71. The van der Waals surface area contributed by atoms with Gasteiger partial charge in [-0.3, -0.25) is 4.98 Å². The smallest absolute Gasteiger partial charge is 0.210 e. The van der Waals surface area contributed by atoms with E-state index < -0.39 is 9.84 Å². The van der Waals surface area contributed by atoms with Gasteiger partial charge < -0.3 is 14.5 Å². The largest absolute Gasteiger partial charge is 0.495 e. The van der Waals surface area contributed by atoms with E-state index in [0.29, 0.717) is 13.1 Å². The van der Waals surface area contributed by atoms with Gasteiger partial charge >= 0.3 is 0 Å². The molecule has 1 aromatic heterocycles. The summed E-state index contributed by atoms with van der Waals surface area (Å²) in [4.78, 5) is 9.52. The van der Waals surface area contributed by atoms with Crippen molar-refractivity contribution in [1.82, 2.24) is 4.98 Å². The lowest BCUT2D eigenvalue weighted by Crippen LogP contribution is -2.47. The van der Waals surface area contributed by atoms with Crippen molar-refractivity contribution in [3.63, 3.8) is 0 Å². The summed E-state index contributed by atoms with van der Waals surface area (Å²) in [6.07, 6.45) is 1.52. The summed E-state index contributed by atoms with van der Waals surface area (Å²) in [5, 5.41) is 0.864. The molecule has 4 aromatic rings. The maximum atomic E-state index is 13.7. The molecular weight excluding hydrogens is 446 g/mol. The summed E-state index contributed by atoms with van der Waals surface area (Å²) >= 11 is 0. The minimum absolute atomic E-state index is 0.252. The lowest BCUT2D eigenvalue weighted by molar-refractivity contribution is 0.413. The molecule has 1 aliphatic heterocycles. The number of rotatable bonds is 5. The van der Waals surface area contributed by atoms with Crippen LogP contribution in [0.25, 0.3) is 10.9 Å². The number of ether oxygens (including phenoxy) is 1. The van der Waals surface area contributed by atoms with Gasteiger partial charge in [-0.05, 0) is 43.3 Å². The molecule has 0 atom stereocenters. The maximum absolute atomic E-state index is 13.7. The van der Waals surface area contributed by atoms with Gasteiger partial charge in [0.05, 0.1) is 28.9 Å². The quantitative estimate of drug-likeness (QED) is 0.418. The number of fused-ring (bicyclic) bond motifs is 1. The second-order valence-corrected chi connectivity index (χ2v) is 10.4. The lowest BCUT2D eigenvalue weighted by Gasteiger charge is -2.38. The fourth-order valence-electron chi connectivity index (χ4n) is 4.59. The number of aryl methyl sites for hydroxylation is 1. The first-order chi connectivity index (χ1) is 16.5. The number of pyridine rings is 1.